The molecule has 0 fully saturated rings. The van der Waals surface area contributed by atoms with E-state index in [-0.39, 0.29) is 18.9 Å². The monoisotopic (exact) mass is 250 g/mol. The maximum atomic E-state index is 12.0. The summed E-state index contributed by atoms with van der Waals surface area (Å²) in [6.07, 6.45) is 0.288. The van der Waals surface area contributed by atoms with Crippen LogP contribution in [0.1, 0.15) is 13.3 Å². The van der Waals surface area contributed by atoms with Crippen LogP contribution in [-0.4, -0.2) is 36.6 Å². The van der Waals surface area contributed by atoms with Crippen LogP contribution in [0.15, 0.2) is 30.3 Å². The van der Waals surface area contributed by atoms with E-state index in [1.807, 2.05) is 13.0 Å². The van der Waals surface area contributed by atoms with E-state index in [9.17, 15) is 9.59 Å². The number of benzene rings is 1. The number of amides is 1. The molecule has 1 aromatic carbocycles. The third kappa shape index (κ3) is 4.55. The lowest BCUT2D eigenvalue weighted by atomic mass is 10.2. The minimum absolute atomic E-state index is 0.190. The molecule has 0 aliphatic heterocycles. The summed E-state index contributed by atoms with van der Waals surface area (Å²) in [5.74, 6) is -1.21. The standard InChI is InChI=1S/C13H18N2O3/c1-2-14-9-8-12(16)15(10-13(17)18)11-6-4-3-5-7-11/h3-7,14H,2,8-10H2,1H3,(H,17,18). The topological polar surface area (TPSA) is 69.6 Å². The molecule has 5 nitrogen and oxygen atoms in total. The van der Waals surface area contributed by atoms with Gasteiger partial charge < -0.3 is 15.3 Å². The molecule has 0 saturated carbocycles. The van der Waals surface area contributed by atoms with Gasteiger partial charge in [0.05, 0.1) is 0 Å². The second-order valence-corrected chi connectivity index (χ2v) is 3.81. The number of rotatable bonds is 7. The molecule has 0 saturated heterocycles. The number of carboxylic acids is 1. The molecule has 18 heavy (non-hydrogen) atoms. The molecule has 1 rings (SSSR count). The molecule has 5 heteroatoms. The third-order valence-corrected chi connectivity index (χ3v) is 2.43. The second kappa shape index (κ2) is 7.45. The Morgan fingerprint density at radius 3 is 2.50 bits per heavy atom. The lowest BCUT2D eigenvalue weighted by Crippen LogP contribution is -2.37. The normalized spacial score (nSPS) is 10.1. The van der Waals surface area contributed by atoms with E-state index < -0.39 is 5.97 Å². The van der Waals surface area contributed by atoms with Crippen LogP contribution in [0.3, 0.4) is 0 Å². The molecule has 0 unspecified atom stereocenters. The van der Waals surface area contributed by atoms with Gasteiger partial charge in [0.25, 0.3) is 0 Å². The van der Waals surface area contributed by atoms with Crippen molar-refractivity contribution in [1.82, 2.24) is 5.32 Å². The molecule has 0 aromatic heterocycles. The first-order valence-electron chi connectivity index (χ1n) is 5.93. The number of nitrogens with one attached hydrogen (secondary N) is 1. The van der Waals surface area contributed by atoms with E-state index in [0.717, 1.165) is 6.54 Å². The fraction of sp³-hybridized carbons (Fsp3) is 0.385. The Hall–Kier alpha value is -1.88. The van der Waals surface area contributed by atoms with Gasteiger partial charge in [-0.05, 0) is 18.7 Å². The van der Waals surface area contributed by atoms with Gasteiger partial charge in [-0.25, -0.2) is 0 Å². The smallest absolute Gasteiger partial charge is 0.323 e. The van der Waals surface area contributed by atoms with Crippen molar-refractivity contribution in [2.75, 3.05) is 24.5 Å². The van der Waals surface area contributed by atoms with Crippen LogP contribution in [0.5, 0.6) is 0 Å². The highest BCUT2D eigenvalue weighted by molar-refractivity contribution is 5.97. The Balaban J connectivity index is 2.72. The Morgan fingerprint density at radius 2 is 1.94 bits per heavy atom. The highest BCUT2D eigenvalue weighted by Gasteiger charge is 2.17. The number of hydrogen-bond acceptors (Lipinski definition) is 3. The highest BCUT2D eigenvalue weighted by atomic mass is 16.4. The van der Waals surface area contributed by atoms with Crippen LogP contribution in [0.25, 0.3) is 0 Å². The number of carbonyl (C=O) groups excluding carboxylic acids is 1. The molecule has 0 spiro atoms. The Bertz CT molecular complexity index is 392. The zero-order chi connectivity index (χ0) is 13.4. The summed E-state index contributed by atoms with van der Waals surface area (Å²) in [5, 5.41) is 11.9. The van der Waals surface area contributed by atoms with Crippen molar-refractivity contribution < 1.29 is 14.7 Å². The Morgan fingerprint density at radius 1 is 1.28 bits per heavy atom. The summed E-state index contributed by atoms with van der Waals surface area (Å²) >= 11 is 0. The predicted octanol–water partition coefficient (Wildman–Crippen LogP) is 1.10. The first kappa shape index (κ1) is 14.2. The number of carbonyl (C=O) groups is 2. The highest BCUT2D eigenvalue weighted by Crippen LogP contribution is 2.13. The number of hydrogen-bond donors (Lipinski definition) is 2. The van der Waals surface area contributed by atoms with Crippen LogP contribution in [0.2, 0.25) is 0 Å². The maximum Gasteiger partial charge on any atom is 0.323 e. The molecule has 2 N–H and O–H groups in total. The largest absolute Gasteiger partial charge is 0.480 e. The Kier molecular flexibility index (Phi) is 5.87. The molecule has 0 heterocycles. The van der Waals surface area contributed by atoms with Gasteiger partial charge in [0.2, 0.25) is 5.91 Å². The van der Waals surface area contributed by atoms with Crippen LogP contribution in [0.4, 0.5) is 5.69 Å². The average molecular weight is 250 g/mol. The van der Waals surface area contributed by atoms with Gasteiger partial charge in [-0.15, -0.1) is 0 Å². The van der Waals surface area contributed by atoms with E-state index in [2.05, 4.69) is 5.32 Å². The van der Waals surface area contributed by atoms with Gasteiger partial charge in [0.15, 0.2) is 0 Å². The molecule has 0 atom stereocenters. The molecule has 1 amide bonds. The number of nitrogens with zero attached hydrogens (tertiary/aromatic N) is 1. The molecule has 0 radical (unpaired) electrons. The fourth-order valence-electron chi connectivity index (χ4n) is 1.57. The first-order valence-corrected chi connectivity index (χ1v) is 5.93. The van der Waals surface area contributed by atoms with Crippen molar-refractivity contribution in [3.8, 4) is 0 Å². The van der Waals surface area contributed by atoms with Crippen LogP contribution in [0, 0.1) is 0 Å². The van der Waals surface area contributed by atoms with Gasteiger partial charge in [-0.2, -0.15) is 0 Å². The number of anilines is 1. The first-order chi connectivity index (χ1) is 8.65. The molecular weight excluding hydrogens is 232 g/mol. The number of carboxylic acid groups (broad SMARTS) is 1. The van der Waals surface area contributed by atoms with Gasteiger partial charge >= 0.3 is 5.97 Å². The van der Waals surface area contributed by atoms with Crippen LogP contribution < -0.4 is 10.2 Å². The molecule has 0 aliphatic rings. The summed E-state index contributed by atoms with van der Waals surface area (Å²) in [7, 11) is 0. The van der Waals surface area contributed by atoms with Crippen LogP contribution in [-0.2, 0) is 9.59 Å². The second-order valence-electron chi connectivity index (χ2n) is 3.81. The van der Waals surface area contributed by atoms with E-state index >= 15 is 0 Å². The van der Waals surface area contributed by atoms with Gasteiger partial charge in [-0.1, -0.05) is 25.1 Å². The van der Waals surface area contributed by atoms with Crippen molar-refractivity contribution >= 4 is 17.6 Å². The van der Waals surface area contributed by atoms with Crippen molar-refractivity contribution in [3.05, 3.63) is 30.3 Å². The molecular formula is C13H18N2O3. The zero-order valence-corrected chi connectivity index (χ0v) is 10.4. The predicted molar refractivity (Wildman–Crippen MR) is 69.6 cm³/mol. The van der Waals surface area contributed by atoms with Crippen molar-refractivity contribution in [2.24, 2.45) is 0 Å². The molecule has 1 aromatic rings. The SMILES string of the molecule is CCNCCC(=O)N(CC(=O)O)c1ccccc1. The molecule has 0 bridgehead atoms. The minimum atomic E-state index is -1.02. The maximum absolute atomic E-state index is 12.0. The number of para-hydroxylation sites is 1. The summed E-state index contributed by atoms with van der Waals surface area (Å²) in [6.45, 7) is 2.99. The summed E-state index contributed by atoms with van der Waals surface area (Å²) in [6, 6.07) is 8.84. The third-order valence-electron chi connectivity index (χ3n) is 2.43. The van der Waals surface area contributed by atoms with Crippen molar-refractivity contribution in [1.29, 1.82) is 0 Å². The van der Waals surface area contributed by atoms with Crippen molar-refractivity contribution in [2.45, 2.75) is 13.3 Å². The van der Waals surface area contributed by atoms with E-state index in [1.54, 1.807) is 24.3 Å². The van der Waals surface area contributed by atoms with E-state index in [0.29, 0.717) is 12.2 Å². The van der Waals surface area contributed by atoms with Gasteiger partial charge in [0, 0.05) is 18.7 Å². The average Bonchev–Trinajstić information content (AvgIpc) is 2.37. The quantitative estimate of drug-likeness (QED) is 0.711. The molecule has 0 aliphatic carbocycles. The minimum Gasteiger partial charge on any atom is -0.480 e. The van der Waals surface area contributed by atoms with Gasteiger partial charge in [-0.3, -0.25) is 9.59 Å². The van der Waals surface area contributed by atoms with E-state index in [1.165, 1.54) is 4.90 Å². The lowest BCUT2D eigenvalue weighted by molar-refractivity contribution is -0.136. The van der Waals surface area contributed by atoms with Crippen LogP contribution >= 0.6 is 0 Å². The molecule has 98 valence electrons. The van der Waals surface area contributed by atoms with Gasteiger partial charge in [0.1, 0.15) is 6.54 Å². The fourth-order valence-corrected chi connectivity index (χ4v) is 1.57. The Labute approximate surface area is 106 Å². The zero-order valence-electron chi connectivity index (χ0n) is 10.4. The van der Waals surface area contributed by atoms with Crippen molar-refractivity contribution in [3.63, 3.8) is 0 Å². The lowest BCUT2D eigenvalue weighted by Gasteiger charge is -2.20. The summed E-state index contributed by atoms with van der Waals surface area (Å²) in [4.78, 5) is 24.1. The van der Waals surface area contributed by atoms with E-state index in [4.69, 9.17) is 5.11 Å². The summed E-state index contributed by atoms with van der Waals surface area (Å²) in [5.41, 5.74) is 0.612. The summed E-state index contributed by atoms with van der Waals surface area (Å²) < 4.78 is 0. The number of aliphatic carboxylic acids is 1.